The monoisotopic (exact) mass is 255 g/mol. The molecule has 0 amide bonds. The molecule has 0 aliphatic carbocycles. The number of fused-ring (bicyclic) bond motifs is 1. The second-order valence-electron chi connectivity index (χ2n) is 3.06. The molecule has 1 aromatic heterocycles. The van der Waals surface area contributed by atoms with E-state index >= 15 is 0 Å². The van der Waals surface area contributed by atoms with Crippen LogP contribution in [0.2, 0.25) is 0 Å². The molecule has 13 heavy (non-hydrogen) atoms. The van der Waals surface area contributed by atoms with Gasteiger partial charge >= 0.3 is 0 Å². The van der Waals surface area contributed by atoms with Crippen molar-refractivity contribution in [3.63, 3.8) is 0 Å². The number of aryl methyl sites for hydroxylation is 1. The molecular weight excluding hydrogens is 246 g/mol. The minimum Gasteiger partial charge on any atom is -0.347 e. The molecule has 0 aliphatic rings. The minimum atomic E-state index is 0.781. The second-order valence-corrected chi connectivity index (χ2v) is 4.29. The van der Waals surface area contributed by atoms with Crippen molar-refractivity contribution in [2.75, 3.05) is 0 Å². The fourth-order valence-electron chi connectivity index (χ4n) is 1.51. The Labute approximate surface area is 91.3 Å². The summed E-state index contributed by atoms with van der Waals surface area (Å²) in [6.07, 6.45) is 0. The Kier molecular flexibility index (Phi) is 2.39. The van der Waals surface area contributed by atoms with Gasteiger partial charge in [0.1, 0.15) is 0 Å². The first-order valence-corrected chi connectivity index (χ1v) is 5.49. The zero-order valence-electron chi connectivity index (χ0n) is 7.29. The highest BCUT2D eigenvalue weighted by atomic mass is 79.9. The maximum Gasteiger partial charge on any atom is 0.0491 e. The van der Waals surface area contributed by atoms with Crippen LogP contribution in [-0.4, -0.2) is 4.57 Å². The van der Waals surface area contributed by atoms with Crippen LogP contribution in [0.5, 0.6) is 0 Å². The first kappa shape index (κ1) is 9.16. The van der Waals surface area contributed by atoms with Crippen LogP contribution in [0.4, 0.5) is 0 Å². The molecule has 0 atom stereocenters. The fourth-order valence-corrected chi connectivity index (χ4v) is 2.16. The number of thiol groups is 1. The molecule has 0 aliphatic heterocycles. The summed E-state index contributed by atoms with van der Waals surface area (Å²) in [6, 6.07) is 8.48. The van der Waals surface area contributed by atoms with Gasteiger partial charge in [-0.25, -0.2) is 0 Å². The molecule has 0 fully saturated rings. The van der Waals surface area contributed by atoms with E-state index in [0.717, 1.165) is 10.2 Å². The Bertz CT molecular complexity index is 447. The summed E-state index contributed by atoms with van der Waals surface area (Å²) in [4.78, 5) is 0. The van der Waals surface area contributed by atoms with Crippen LogP contribution in [0.15, 0.2) is 28.7 Å². The van der Waals surface area contributed by atoms with E-state index in [2.05, 4.69) is 64.4 Å². The Morgan fingerprint density at radius 2 is 2.15 bits per heavy atom. The van der Waals surface area contributed by atoms with Crippen LogP contribution >= 0.6 is 28.6 Å². The van der Waals surface area contributed by atoms with Gasteiger partial charge in [0.25, 0.3) is 0 Å². The van der Waals surface area contributed by atoms with Crippen molar-refractivity contribution in [2.24, 2.45) is 7.05 Å². The van der Waals surface area contributed by atoms with E-state index in [1.54, 1.807) is 0 Å². The average molecular weight is 256 g/mol. The molecule has 0 unspecified atom stereocenters. The van der Waals surface area contributed by atoms with Gasteiger partial charge in [-0.3, -0.25) is 0 Å². The smallest absolute Gasteiger partial charge is 0.0491 e. The van der Waals surface area contributed by atoms with Gasteiger partial charge in [0.2, 0.25) is 0 Å². The maximum atomic E-state index is 4.28. The highest BCUT2D eigenvalue weighted by molar-refractivity contribution is 9.10. The van der Waals surface area contributed by atoms with Gasteiger partial charge in [-0.2, -0.15) is 12.6 Å². The number of halogens is 1. The van der Waals surface area contributed by atoms with Gasteiger partial charge in [0.05, 0.1) is 0 Å². The third kappa shape index (κ3) is 1.51. The van der Waals surface area contributed by atoms with Crippen molar-refractivity contribution in [1.29, 1.82) is 0 Å². The first-order chi connectivity index (χ1) is 6.22. The molecule has 0 spiro atoms. The number of benzene rings is 1. The lowest BCUT2D eigenvalue weighted by Gasteiger charge is -2.00. The highest BCUT2D eigenvalue weighted by Gasteiger charge is 2.03. The maximum absolute atomic E-state index is 4.28. The normalized spacial score (nSPS) is 11.0. The third-order valence-corrected chi connectivity index (χ3v) is 3.09. The molecule has 2 aromatic rings. The van der Waals surface area contributed by atoms with E-state index in [4.69, 9.17) is 0 Å². The van der Waals surface area contributed by atoms with E-state index in [-0.39, 0.29) is 0 Å². The molecule has 2 rings (SSSR count). The molecule has 0 N–H and O–H groups in total. The summed E-state index contributed by atoms with van der Waals surface area (Å²) in [6.45, 7) is 0. The van der Waals surface area contributed by atoms with Gasteiger partial charge < -0.3 is 4.57 Å². The molecule has 68 valence electrons. The lowest BCUT2D eigenvalue weighted by molar-refractivity contribution is 0.911. The summed E-state index contributed by atoms with van der Waals surface area (Å²) in [7, 11) is 2.07. The lowest BCUT2D eigenvalue weighted by atomic mass is 10.2. The molecule has 0 radical (unpaired) electrons. The minimum absolute atomic E-state index is 0.781. The fraction of sp³-hybridized carbons (Fsp3) is 0.200. The summed E-state index contributed by atoms with van der Waals surface area (Å²) in [5, 5.41) is 1.27. The lowest BCUT2D eigenvalue weighted by Crippen LogP contribution is -1.91. The van der Waals surface area contributed by atoms with Gasteiger partial charge in [0, 0.05) is 28.5 Å². The van der Waals surface area contributed by atoms with E-state index in [9.17, 15) is 0 Å². The topological polar surface area (TPSA) is 4.93 Å². The van der Waals surface area contributed by atoms with Crippen molar-refractivity contribution < 1.29 is 0 Å². The Morgan fingerprint density at radius 3 is 2.85 bits per heavy atom. The third-order valence-electron chi connectivity index (χ3n) is 2.27. The number of nitrogens with zero attached hydrogens (tertiary/aromatic N) is 1. The number of hydrogen-bond acceptors (Lipinski definition) is 1. The molecule has 1 aromatic carbocycles. The van der Waals surface area contributed by atoms with Crippen LogP contribution in [0, 0.1) is 0 Å². The average Bonchev–Trinajstić information content (AvgIpc) is 2.44. The van der Waals surface area contributed by atoms with Gasteiger partial charge in [-0.05, 0) is 23.6 Å². The summed E-state index contributed by atoms with van der Waals surface area (Å²) < 4.78 is 3.29. The van der Waals surface area contributed by atoms with E-state index in [0.29, 0.717) is 0 Å². The predicted octanol–water partition coefficient (Wildman–Crippen LogP) is 3.37. The molecule has 0 saturated heterocycles. The molecular formula is C10H10BrNS. The molecule has 1 heterocycles. The molecule has 3 heteroatoms. The van der Waals surface area contributed by atoms with Crippen LogP contribution in [0.25, 0.3) is 10.9 Å². The van der Waals surface area contributed by atoms with Crippen molar-refractivity contribution in [3.8, 4) is 0 Å². The summed E-state index contributed by atoms with van der Waals surface area (Å²) in [5.41, 5.74) is 2.50. The van der Waals surface area contributed by atoms with Crippen molar-refractivity contribution in [2.45, 2.75) is 5.75 Å². The van der Waals surface area contributed by atoms with Crippen molar-refractivity contribution in [1.82, 2.24) is 4.57 Å². The largest absolute Gasteiger partial charge is 0.347 e. The van der Waals surface area contributed by atoms with Gasteiger partial charge in [-0.1, -0.05) is 22.0 Å². The van der Waals surface area contributed by atoms with Gasteiger partial charge in [0.15, 0.2) is 0 Å². The van der Waals surface area contributed by atoms with Crippen molar-refractivity contribution in [3.05, 3.63) is 34.4 Å². The van der Waals surface area contributed by atoms with Crippen LogP contribution in [0.3, 0.4) is 0 Å². The number of hydrogen-bond donors (Lipinski definition) is 1. The van der Waals surface area contributed by atoms with E-state index in [1.807, 2.05) is 0 Å². The Morgan fingerprint density at radius 1 is 1.38 bits per heavy atom. The predicted molar refractivity (Wildman–Crippen MR) is 63.3 cm³/mol. The number of aromatic nitrogens is 1. The molecule has 0 saturated carbocycles. The van der Waals surface area contributed by atoms with Crippen molar-refractivity contribution >= 4 is 39.5 Å². The van der Waals surface area contributed by atoms with Gasteiger partial charge in [-0.15, -0.1) is 0 Å². The van der Waals surface area contributed by atoms with Crippen LogP contribution in [-0.2, 0) is 12.8 Å². The number of rotatable bonds is 1. The molecule has 0 bridgehead atoms. The standard InChI is InChI=1S/C10H10BrNS/c1-12-9(6-13)4-7-2-3-8(11)5-10(7)12/h2-5,13H,6H2,1H3. The highest BCUT2D eigenvalue weighted by Crippen LogP contribution is 2.23. The summed E-state index contributed by atoms with van der Waals surface area (Å²) >= 11 is 7.75. The second kappa shape index (κ2) is 3.39. The summed E-state index contributed by atoms with van der Waals surface area (Å²) in [5.74, 6) is 0.781. The Hall–Kier alpha value is -0.410. The van der Waals surface area contributed by atoms with Crippen LogP contribution < -0.4 is 0 Å². The quantitative estimate of drug-likeness (QED) is 0.746. The Balaban J connectivity index is 2.77. The van der Waals surface area contributed by atoms with E-state index < -0.39 is 0 Å². The molecule has 1 nitrogen and oxygen atoms in total. The van der Waals surface area contributed by atoms with E-state index in [1.165, 1.54) is 16.6 Å². The SMILES string of the molecule is Cn1c(CS)cc2ccc(Br)cc21. The van der Waals surface area contributed by atoms with Crippen LogP contribution in [0.1, 0.15) is 5.69 Å². The zero-order valence-corrected chi connectivity index (χ0v) is 9.77. The zero-order chi connectivity index (χ0) is 9.42. The first-order valence-electron chi connectivity index (χ1n) is 4.07.